The summed E-state index contributed by atoms with van der Waals surface area (Å²) in [6, 6.07) is 16.0. The van der Waals surface area contributed by atoms with Crippen LogP contribution in [0.5, 0.6) is 5.88 Å². The number of nitrogens with zero attached hydrogens (tertiary/aromatic N) is 4. The van der Waals surface area contributed by atoms with Crippen molar-refractivity contribution < 1.29 is 4.74 Å². The van der Waals surface area contributed by atoms with Crippen LogP contribution in [0.1, 0.15) is 28.3 Å². The van der Waals surface area contributed by atoms with Crippen LogP contribution in [0.3, 0.4) is 0 Å². The lowest BCUT2D eigenvalue weighted by atomic mass is 9.84. The number of rotatable bonds is 3. The number of allylic oxidation sites excluding steroid dienone is 1. The van der Waals surface area contributed by atoms with E-state index in [1.165, 1.54) is 0 Å². The van der Waals surface area contributed by atoms with Crippen molar-refractivity contribution in [2.45, 2.75) is 19.4 Å². The number of aromatic nitrogens is 3. The summed E-state index contributed by atoms with van der Waals surface area (Å²) >= 11 is 0. The van der Waals surface area contributed by atoms with E-state index in [-0.39, 0.29) is 11.8 Å². The van der Waals surface area contributed by atoms with E-state index in [2.05, 4.69) is 16.2 Å². The Labute approximate surface area is 151 Å². The highest BCUT2D eigenvalue weighted by molar-refractivity contribution is 5.55. The molecule has 0 amide bonds. The Hall–Kier alpha value is -3.59. The average molecular weight is 343 g/mol. The number of hydrogen-bond acceptors (Lipinski definition) is 5. The van der Waals surface area contributed by atoms with Crippen LogP contribution in [-0.2, 0) is 6.54 Å². The van der Waals surface area contributed by atoms with Gasteiger partial charge in [-0.15, -0.1) is 0 Å². The van der Waals surface area contributed by atoms with E-state index >= 15 is 0 Å². The molecule has 0 unspecified atom stereocenters. The lowest BCUT2D eigenvalue weighted by Crippen LogP contribution is -2.22. The molecule has 2 aromatic heterocycles. The van der Waals surface area contributed by atoms with Crippen molar-refractivity contribution in [2.24, 2.45) is 5.73 Å². The molecule has 1 aliphatic heterocycles. The van der Waals surface area contributed by atoms with Gasteiger partial charge in [-0.2, -0.15) is 10.4 Å². The van der Waals surface area contributed by atoms with Crippen LogP contribution in [0, 0.1) is 18.3 Å². The fraction of sp³-hybridized carbons (Fsp3) is 0.150. The minimum atomic E-state index is -0.309. The van der Waals surface area contributed by atoms with Crippen molar-refractivity contribution in [3.63, 3.8) is 0 Å². The SMILES string of the molecule is Cc1nn(Cc2ccccc2)c2c1[C@@H](c1ccncc1)C(C#N)=C(N)O2. The maximum atomic E-state index is 9.64. The molecule has 1 atom stereocenters. The third-order valence-corrected chi connectivity index (χ3v) is 4.51. The fourth-order valence-corrected chi connectivity index (χ4v) is 3.33. The second-order valence-corrected chi connectivity index (χ2v) is 6.15. The molecule has 2 N–H and O–H groups in total. The summed E-state index contributed by atoms with van der Waals surface area (Å²) in [4.78, 5) is 4.07. The van der Waals surface area contributed by atoms with E-state index in [0.717, 1.165) is 22.4 Å². The van der Waals surface area contributed by atoms with E-state index in [9.17, 15) is 5.26 Å². The van der Waals surface area contributed by atoms with Gasteiger partial charge in [0.15, 0.2) is 0 Å². The molecular weight excluding hydrogens is 326 g/mol. The first kappa shape index (κ1) is 15.9. The molecule has 26 heavy (non-hydrogen) atoms. The summed E-state index contributed by atoms with van der Waals surface area (Å²) < 4.78 is 7.63. The van der Waals surface area contributed by atoms with E-state index in [1.807, 2.05) is 49.4 Å². The summed E-state index contributed by atoms with van der Waals surface area (Å²) in [6.07, 6.45) is 3.42. The van der Waals surface area contributed by atoms with E-state index in [0.29, 0.717) is 18.0 Å². The summed E-state index contributed by atoms with van der Waals surface area (Å²) in [6.45, 7) is 2.49. The smallest absolute Gasteiger partial charge is 0.224 e. The third kappa shape index (κ3) is 2.60. The molecule has 0 aliphatic carbocycles. The second-order valence-electron chi connectivity index (χ2n) is 6.15. The van der Waals surface area contributed by atoms with Gasteiger partial charge < -0.3 is 10.5 Å². The van der Waals surface area contributed by atoms with Gasteiger partial charge in [0.2, 0.25) is 11.8 Å². The standard InChI is InChI=1S/C20H17N5O/c1-13-17-18(15-7-9-23-10-8-15)16(11-21)19(22)26-20(17)25(24-13)12-14-5-3-2-4-6-14/h2-10,18H,12,22H2,1H3/t18-/m0/s1. The van der Waals surface area contributed by atoms with Crippen LogP contribution in [0.25, 0.3) is 0 Å². The molecule has 3 heterocycles. The van der Waals surface area contributed by atoms with Crippen LogP contribution in [0.4, 0.5) is 0 Å². The topological polar surface area (TPSA) is 89.8 Å². The van der Waals surface area contributed by atoms with E-state index < -0.39 is 0 Å². The highest BCUT2D eigenvalue weighted by Crippen LogP contribution is 2.43. The zero-order valence-electron chi connectivity index (χ0n) is 14.3. The molecule has 6 nitrogen and oxygen atoms in total. The Balaban J connectivity index is 1.85. The Morgan fingerprint density at radius 1 is 1.19 bits per heavy atom. The Morgan fingerprint density at radius 3 is 2.62 bits per heavy atom. The Morgan fingerprint density at radius 2 is 1.92 bits per heavy atom. The number of ether oxygens (including phenoxy) is 1. The van der Waals surface area contributed by atoms with Gasteiger partial charge in [-0.25, -0.2) is 4.68 Å². The molecule has 0 saturated heterocycles. The quantitative estimate of drug-likeness (QED) is 0.790. The first-order valence-electron chi connectivity index (χ1n) is 8.27. The van der Waals surface area contributed by atoms with Gasteiger partial charge in [0, 0.05) is 12.4 Å². The Kier molecular flexibility index (Phi) is 3.90. The highest BCUT2D eigenvalue weighted by atomic mass is 16.5. The number of pyridine rings is 1. The van der Waals surface area contributed by atoms with Gasteiger partial charge in [-0.1, -0.05) is 30.3 Å². The zero-order chi connectivity index (χ0) is 18.1. The van der Waals surface area contributed by atoms with Gasteiger partial charge in [0.1, 0.15) is 11.6 Å². The maximum absolute atomic E-state index is 9.64. The van der Waals surface area contributed by atoms with Crippen LogP contribution >= 0.6 is 0 Å². The summed E-state index contributed by atoms with van der Waals surface area (Å²) in [7, 11) is 0. The molecule has 3 aromatic rings. The van der Waals surface area contributed by atoms with E-state index in [4.69, 9.17) is 10.5 Å². The normalized spacial score (nSPS) is 15.9. The third-order valence-electron chi connectivity index (χ3n) is 4.51. The predicted octanol–water partition coefficient (Wildman–Crippen LogP) is 2.85. The van der Waals surface area contributed by atoms with Crippen LogP contribution < -0.4 is 10.5 Å². The molecule has 0 spiro atoms. The van der Waals surface area contributed by atoms with Crippen molar-refractivity contribution in [1.82, 2.24) is 14.8 Å². The predicted molar refractivity (Wildman–Crippen MR) is 96.0 cm³/mol. The van der Waals surface area contributed by atoms with Crippen molar-refractivity contribution >= 4 is 0 Å². The average Bonchev–Trinajstić information content (AvgIpc) is 2.97. The van der Waals surface area contributed by atoms with Crippen molar-refractivity contribution in [1.29, 1.82) is 5.26 Å². The number of nitrogens with two attached hydrogens (primary N) is 1. The van der Waals surface area contributed by atoms with Crippen molar-refractivity contribution in [3.05, 3.63) is 88.7 Å². The van der Waals surface area contributed by atoms with Gasteiger partial charge in [-0.3, -0.25) is 4.98 Å². The molecule has 1 aliphatic rings. The molecule has 6 heteroatoms. The number of nitriles is 1. The minimum Gasteiger partial charge on any atom is -0.422 e. The summed E-state index contributed by atoms with van der Waals surface area (Å²) in [5, 5.41) is 14.3. The van der Waals surface area contributed by atoms with Gasteiger partial charge in [0.25, 0.3) is 0 Å². The fourth-order valence-electron chi connectivity index (χ4n) is 3.33. The second kappa shape index (κ2) is 6.37. The first-order chi connectivity index (χ1) is 12.7. The minimum absolute atomic E-state index is 0.121. The summed E-state index contributed by atoms with van der Waals surface area (Å²) in [5.41, 5.74) is 10.2. The van der Waals surface area contributed by atoms with Crippen molar-refractivity contribution in [3.8, 4) is 11.9 Å². The lowest BCUT2D eigenvalue weighted by molar-refractivity contribution is 0.352. The summed E-state index contributed by atoms with van der Waals surface area (Å²) in [5.74, 6) is 0.400. The number of aryl methyl sites for hydroxylation is 1. The number of benzene rings is 1. The van der Waals surface area contributed by atoms with Crippen LogP contribution in [0.15, 0.2) is 66.3 Å². The molecule has 0 saturated carbocycles. The van der Waals surface area contributed by atoms with Crippen molar-refractivity contribution in [2.75, 3.05) is 0 Å². The molecular formula is C20H17N5O. The molecule has 128 valence electrons. The highest BCUT2D eigenvalue weighted by Gasteiger charge is 2.35. The monoisotopic (exact) mass is 343 g/mol. The molecule has 0 fully saturated rings. The number of hydrogen-bond donors (Lipinski definition) is 1. The van der Waals surface area contributed by atoms with Gasteiger partial charge >= 0.3 is 0 Å². The molecule has 4 rings (SSSR count). The molecule has 1 aromatic carbocycles. The molecule has 0 bridgehead atoms. The maximum Gasteiger partial charge on any atom is 0.224 e. The Bertz CT molecular complexity index is 1020. The number of fused-ring (bicyclic) bond motifs is 1. The largest absolute Gasteiger partial charge is 0.422 e. The zero-order valence-corrected chi connectivity index (χ0v) is 14.3. The van der Waals surface area contributed by atoms with E-state index in [1.54, 1.807) is 17.1 Å². The van der Waals surface area contributed by atoms with Gasteiger partial charge in [0.05, 0.1) is 23.7 Å². The first-order valence-corrected chi connectivity index (χ1v) is 8.27. The molecule has 0 radical (unpaired) electrons. The van der Waals surface area contributed by atoms with Gasteiger partial charge in [-0.05, 0) is 30.2 Å². The van der Waals surface area contributed by atoms with Crippen LogP contribution in [0.2, 0.25) is 0 Å². The van der Waals surface area contributed by atoms with Crippen LogP contribution in [-0.4, -0.2) is 14.8 Å². The lowest BCUT2D eigenvalue weighted by Gasteiger charge is -2.24.